The molecule has 0 atom stereocenters. The Hall–Kier alpha value is -15.7. The number of amides is 2. The van der Waals surface area contributed by atoms with Crippen molar-refractivity contribution in [3.63, 3.8) is 0 Å². The molecule has 0 aliphatic rings. The third-order valence-electron chi connectivity index (χ3n) is 18.5. The van der Waals surface area contributed by atoms with Crippen LogP contribution in [0.25, 0.3) is 179 Å². The number of fused-ring (bicyclic) bond motifs is 8. The zero-order valence-electron chi connectivity index (χ0n) is 61.8. The minimum absolute atomic E-state index is 0.0565. The van der Waals surface area contributed by atoms with E-state index < -0.39 is 5.41 Å². The molecule has 0 spiro atoms. The van der Waals surface area contributed by atoms with Gasteiger partial charge in [-0.2, -0.15) is 20.4 Å². The lowest BCUT2D eigenvalue weighted by atomic mass is 9.95. The molecular weight excluding hydrogens is 1430 g/mol. The van der Waals surface area contributed by atoms with Gasteiger partial charge in [0.1, 0.15) is 22.8 Å². The number of hydrogen-bond acceptors (Lipinski definition) is 23. The number of nitrogens with one attached hydrogen (secondary N) is 10. The summed E-state index contributed by atoms with van der Waals surface area (Å²) in [7, 11) is 3.99. The van der Waals surface area contributed by atoms with Gasteiger partial charge in [-0.05, 0) is 85.3 Å². The smallest absolute Gasteiger partial charge is 0.229 e. The average molecular weight is 1490 g/mol. The van der Waals surface area contributed by atoms with Gasteiger partial charge >= 0.3 is 0 Å². The Morgan fingerprint density at radius 3 is 1.08 bits per heavy atom. The van der Waals surface area contributed by atoms with Gasteiger partial charge in [0.25, 0.3) is 0 Å². The summed E-state index contributed by atoms with van der Waals surface area (Å²) in [6.45, 7) is 11.4. The fourth-order valence-corrected chi connectivity index (χ4v) is 12.4. The van der Waals surface area contributed by atoms with Crippen LogP contribution in [-0.2, 0) is 9.59 Å². The Morgan fingerprint density at radius 2 is 0.717 bits per heavy atom. The van der Waals surface area contributed by atoms with Crippen LogP contribution in [0.15, 0.2) is 197 Å². The summed E-state index contributed by atoms with van der Waals surface area (Å²) < 4.78 is 0. The molecule has 20 heterocycles. The van der Waals surface area contributed by atoms with Gasteiger partial charge in [0.15, 0.2) is 45.9 Å². The number of aromatic amines is 8. The lowest BCUT2D eigenvalue weighted by Gasteiger charge is -2.17. The van der Waals surface area contributed by atoms with Gasteiger partial charge in [0.2, 0.25) is 11.8 Å². The number of hydrogen-bond donors (Lipinski definition) is 10. The molecule has 20 rings (SSSR count). The molecule has 0 fully saturated rings. The fourth-order valence-electron chi connectivity index (χ4n) is 12.4. The molecule has 33 heteroatoms. The number of aryl methyl sites for hydroxylation is 1. The molecule has 0 aromatic carbocycles. The first-order valence-electron chi connectivity index (χ1n) is 35.6. The van der Waals surface area contributed by atoms with Crippen molar-refractivity contribution in [1.29, 1.82) is 0 Å². The molecule has 0 saturated carbocycles. The zero-order chi connectivity index (χ0) is 77.4. The Kier molecular flexibility index (Phi) is 18.3. The summed E-state index contributed by atoms with van der Waals surface area (Å²) in [5.41, 5.74) is 22.7. The second-order valence-corrected chi connectivity index (χ2v) is 28.0. The molecule has 113 heavy (non-hydrogen) atoms. The van der Waals surface area contributed by atoms with Crippen molar-refractivity contribution >= 4 is 117 Å². The zero-order valence-corrected chi connectivity index (χ0v) is 61.8. The van der Waals surface area contributed by atoms with E-state index in [1.165, 1.54) is 0 Å². The van der Waals surface area contributed by atoms with Crippen molar-refractivity contribution in [2.75, 3.05) is 29.6 Å². The van der Waals surface area contributed by atoms with Gasteiger partial charge in [-0.3, -0.25) is 69.9 Å². The van der Waals surface area contributed by atoms with Crippen molar-refractivity contribution in [2.45, 2.75) is 41.5 Å². The van der Waals surface area contributed by atoms with Crippen LogP contribution in [0.5, 0.6) is 0 Å². The minimum Gasteiger partial charge on any atom is -0.376 e. The van der Waals surface area contributed by atoms with Crippen molar-refractivity contribution in [2.24, 2.45) is 11.3 Å². The highest BCUT2D eigenvalue weighted by Gasteiger charge is 2.24. The average Bonchev–Trinajstić information content (AvgIpc) is 1.65. The third kappa shape index (κ3) is 14.5. The summed E-state index contributed by atoms with van der Waals surface area (Å²) in [6.07, 6.45) is 35.0. The van der Waals surface area contributed by atoms with Gasteiger partial charge in [0, 0.05) is 150 Å². The van der Waals surface area contributed by atoms with Gasteiger partial charge in [0.05, 0.1) is 126 Å². The number of carbonyl (C=O) groups excluding carboxylic acids is 2. The number of rotatable bonds is 12. The normalized spacial score (nSPS) is 11.5. The molecule has 0 unspecified atom stereocenters. The minimum atomic E-state index is -0.496. The molecular formula is C80H67N31O2. The second kappa shape index (κ2) is 29.5. The maximum atomic E-state index is 12.3. The van der Waals surface area contributed by atoms with Gasteiger partial charge < -0.3 is 35.5 Å². The molecule has 20 aromatic heterocycles. The van der Waals surface area contributed by atoms with E-state index in [9.17, 15) is 9.59 Å². The largest absolute Gasteiger partial charge is 0.376 e. The highest BCUT2D eigenvalue weighted by molar-refractivity contribution is 5.99. The lowest BCUT2D eigenvalue weighted by Crippen LogP contribution is -2.27. The van der Waals surface area contributed by atoms with Crippen LogP contribution in [0.3, 0.4) is 0 Å². The number of imidazole rings is 4. The standard InChI is InChI=1S/C22H20N8O.C21H18N8O.C19H16N8.C18H13N7/c1-22(2,3)21(31)26-14-6-12(8-24-10-14)13-7-15-18(29-30-19(15)25-9-13)20-27-16-4-5-23-11-17(16)28-20;1-11(2)21(30)25-14-5-12(7-23-9-14)13-6-15-18(28-29-19(15)24-8-13)20-26-16-3-4-22-10-17(16)27-20;1-27(2)13-5-11(7-21-9-13)12-6-14-17(25-26-18(14)22-8-12)19-23-15-3-4-20-10-16(15)24-19;1-10-2-4-19-8-13(10)11-6-12-16(24-25-17(12)21-7-11)18-22-14-3-5-20-9-15(14)23-18/h4-11H,1-3H3,(H,26,31)(H,27,28)(H,25,29,30);3-11H,1-2H3,(H,25,30)(H,26,27)(H,24,28,29);3-10H,1-2H3,(H,23,24)(H,22,25,26);2-9H,1H3,(H,22,23)(H,21,24,25). The Labute approximate surface area is 639 Å². The SMILES string of the molecule is CC(C)(C)C(=O)Nc1cncc(-c2cnc3n[nH]c(-c4nc5ccncc5[nH]4)c3c2)c1.CC(C)C(=O)Nc1cncc(-c2cnc3n[nH]c(-c4nc5ccncc5[nH]4)c3c2)c1.CN(C)c1cncc(-c2cnc3n[nH]c(-c4nc5ccncc5[nH]4)c3c2)c1.Cc1ccncc1-c1cnc2n[nH]c(-c3nc4ccncc4[nH]3)c2c1. The quantitative estimate of drug-likeness (QED) is 0.0543. The van der Waals surface area contributed by atoms with E-state index in [2.05, 4.69) is 176 Å². The molecule has 2 amide bonds. The van der Waals surface area contributed by atoms with Crippen molar-refractivity contribution < 1.29 is 9.59 Å². The monoisotopic (exact) mass is 1490 g/mol. The van der Waals surface area contributed by atoms with Crippen LogP contribution in [0.2, 0.25) is 0 Å². The molecule has 33 nitrogen and oxygen atoms in total. The van der Waals surface area contributed by atoms with Crippen LogP contribution < -0.4 is 15.5 Å². The predicted octanol–water partition coefficient (Wildman–Crippen LogP) is 13.8. The lowest BCUT2D eigenvalue weighted by molar-refractivity contribution is -0.123. The van der Waals surface area contributed by atoms with Crippen LogP contribution in [0.4, 0.5) is 17.1 Å². The molecule has 20 aromatic rings. The predicted molar refractivity (Wildman–Crippen MR) is 431 cm³/mol. The van der Waals surface area contributed by atoms with E-state index in [4.69, 9.17) is 0 Å². The number of nitrogens with zero attached hydrogens (tertiary/aromatic N) is 21. The maximum absolute atomic E-state index is 12.3. The van der Waals surface area contributed by atoms with E-state index >= 15 is 0 Å². The number of pyridine rings is 12. The number of anilines is 3. The molecule has 0 radical (unpaired) electrons. The van der Waals surface area contributed by atoms with E-state index in [0.717, 1.165) is 144 Å². The maximum Gasteiger partial charge on any atom is 0.229 e. The van der Waals surface area contributed by atoms with Crippen molar-refractivity contribution in [3.8, 4) is 90.6 Å². The van der Waals surface area contributed by atoms with E-state index in [-0.39, 0.29) is 17.7 Å². The first kappa shape index (κ1) is 70.3. The summed E-state index contributed by atoms with van der Waals surface area (Å²) in [5.74, 6) is 2.51. The Bertz CT molecular complexity index is 6820. The third-order valence-corrected chi connectivity index (χ3v) is 18.5. The highest BCUT2D eigenvalue weighted by Crippen LogP contribution is 2.36. The molecule has 554 valence electrons. The van der Waals surface area contributed by atoms with E-state index in [0.29, 0.717) is 57.3 Å². The molecule has 0 saturated heterocycles. The summed E-state index contributed by atoms with van der Waals surface area (Å²) >= 11 is 0. The van der Waals surface area contributed by atoms with Crippen molar-refractivity contribution in [1.82, 2.24) is 140 Å². The molecule has 0 bridgehead atoms. The van der Waals surface area contributed by atoms with E-state index in [1.54, 1.807) is 93.0 Å². The Balaban J connectivity index is 0.000000109. The second-order valence-electron chi connectivity index (χ2n) is 28.0. The topological polar surface area (TPSA) is 446 Å². The Morgan fingerprint density at radius 1 is 0.381 bits per heavy atom. The van der Waals surface area contributed by atoms with Crippen molar-refractivity contribution in [3.05, 3.63) is 202 Å². The number of H-pyrrole nitrogens is 8. The molecule has 0 aliphatic carbocycles. The van der Waals surface area contributed by atoms with Gasteiger partial charge in [-0.25, -0.2) is 39.9 Å². The fraction of sp³-hybridized carbons (Fsp3) is 0.125. The van der Waals surface area contributed by atoms with Crippen LogP contribution in [-0.4, -0.2) is 166 Å². The van der Waals surface area contributed by atoms with Crippen LogP contribution in [0.1, 0.15) is 40.2 Å². The summed E-state index contributed by atoms with van der Waals surface area (Å²) in [4.78, 5) is 109. The van der Waals surface area contributed by atoms with Gasteiger partial charge in [-0.15, -0.1) is 0 Å². The van der Waals surface area contributed by atoms with Crippen LogP contribution >= 0.6 is 0 Å². The molecule has 0 aliphatic heterocycles. The first-order valence-corrected chi connectivity index (χ1v) is 35.6. The van der Waals surface area contributed by atoms with Gasteiger partial charge in [-0.1, -0.05) is 34.6 Å². The van der Waals surface area contributed by atoms with Crippen LogP contribution in [0, 0.1) is 18.3 Å². The number of aromatic nitrogens is 28. The molecule has 10 N–H and O–H groups in total. The highest BCUT2D eigenvalue weighted by atomic mass is 16.2. The summed E-state index contributed by atoms with van der Waals surface area (Å²) in [6, 6.07) is 23.4. The van der Waals surface area contributed by atoms with E-state index in [1.807, 2.05) is 139 Å². The number of carbonyl (C=O) groups is 2. The summed E-state index contributed by atoms with van der Waals surface area (Å²) in [5, 5.41) is 38.6. The first-order chi connectivity index (χ1) is 54.9.